The van der Waals surface area contributed by atoms with Gasteiger partial charge in [0.1, 0.15) is 0 Å². The second kappa shape index (κ2) is 8.65. The van der Waals surface area contributed by atoms with E-state index in [1.54, 1.807) is 17.0 Å². The van der Waals surface area contributed by atoms with Crippen LogP contribution in [0.3, 0.4) is 0 Å². The van der Waals surface area contributed by atoms with Crippen molar-refractivity contribution in [2.75, 3.05) is 32.7 Å². The molecule has 1 aromatic carbocycles. The summed E-state index contributed by atoms with van der Waals surface area (Å²) < 4.78 is 0. The van der Waals surface area contributed by atoms with Gasteiger partial charge in [0, 0.05) is 37.8 Å². The van der Waals surface area contributed by atoms with Gasteiger partial charge in [-0.25, -0.2) is 0 Å². The second-order valence-corrected chi connectivity index (χ2v) is 8.45. The number of amides is 2. The van der Waals surface area contributed by atoms with Crippen LogP contribution < -0.4 is 5.32 Å². The van der Waals surface area contributed by atoms with Crippen molar-refractivity contribution in [3.8, 4) is 0 Å². The van der Waals surface area contributed by atoms with Crippen LogP contribution in [0.25, 0.3) is 0 Å². The van der Waals surface area contributed by atoms with Gasteiger partial charge < -0.3 is 10.2 Å². The van der Waals surface area contributed by atoms with Crippen LogP contribution >= 0.6 is 0 Å². The first-order valence-electron chi connectivity index (χ1n) is 9.54. The van der Waals surface area contributed by atoms with E-state index in [1.807, 2.05) is 30.9 Å². The molecule has 0 unspecified atom stereocenters. The molecular formula is C21H31N3O3. The fraction of sp³-hybridized carbons (Fsp3) is 0.571. The van der Waals surface area contributed by atoms with E-state index in [-0.39, 0.29) is 17.4 Å². The van der Waals surface area contributed by atoms with E-state index < -0.39 is 11.7 Å². The Morgan fingerprint density at radius 1 is 1.00 bits per heavy atom. The van der Waals surface area contributed by atoms with Crippen LogP contribution in [0.15, 0.2) is 24.3 Å². The molecule has 0 bridgehead atoms. The number of nitrogens with zero attached hydrogens (tertiary/aromatic N) is 2. The second-order valence-electron chi connectivity index (χ2n) is 8.45. The summed E-state index contributed by atoms with van der Waals surface area (Å²) in [5, 5.41) is 2.86. The molecule has 27 heavy (non-hydrogen) atoms. The first-order chi connectivity index (χ1) is 12.6. The number of benzene rings is 1. The van der Waals surface area contributed by atoms with Crippen LogP contribution in [0.4, 0.5) is 0 Å². The Morgan fingerprint density at radius 3 is 2.04 bits per heavy atom. The summed E-state index contributed by atoms with van der Waals surface area (Å²) in [6.45, 7) is 12.6. The quantitative estimate of drug-likeness (QED) is 0.632. The fourth-order valence-electron chi connectivity index (χ4n) is 3.07. The van der Waals surface area contributed by atoms with Gasteiger partial charge in [-0.1, -0.05) is 45.0 Å². The third-order valence-electron chi connectivity index (χ3n) is 4.68. The van der Waals surface area contributed by atoms with Gasteiger partial charge in [0.25, 0.3) is 5.91 Å². The number of carbonyl (C=O) groups is 3. The van der Waals surface area contributed by atoms with Crippen LogP contribution in [-0.2, 0) is 15.0 Å². The maximum Gasteiger partial charge on any atom is 0.295 e. The first-order valence-corrected chi connectivity index (χ1v) is 9.54. The molecule has 0 radical (unpaired) electrons. The summed E-state index contributed by atoms with van der Waals surface area (Å²) in [4.78, 5) is 40.5. The van der Waals surface area contributed by atoms with Crippen LogP contribution in [0.1, 0.15) is 50.5 Å². The van der Waals surface area contributed by atoms with E-state index in [2.05, 4.69) is 26.1 Å². The summed E-state index contributed by atoms with van der Waals surface area (Å²) in [6.07, 6.45) is 0. The molecular weight excluding hydrogens is 342 g/mol. The van der Waals surface area contributed by atoms with Gasteiger partial charge in [-0.05, 0) is 24.8 Å². The molecule has 1 saturated heterocycles. The molecule has 148 valence electrons. The van der Waals surface area contributed by atoms with E-state index in [0.717, 1.165) is 5.56 Å². The first kappa shape index (κ1) is 21.1. The van der Waals surface area contributed by atoms with Crippen molar-refractivity contribution in [2.24, 2.45) is 0 Å². The Labute approximate surface area is 161 Å². The SMILES string of the molecule is CC(C)NC(=O)CN1CCN(C(=O)C(=O)c2ccc(C(C)(C)C)cc2)CC1. The molecule has 0 aromatic heterocycles. The lowest BCUT2D eigenvalue weighted by molar-refractivity contribution is -0.128. The Balaban J connectivity index is 1.89. The molecule has 1 heterocycles. The van der Waals surface area contributed by atoms with Crippen LogP contribution in [0.2, 0.25) is 0 Å². The molecule has 2 rings (SSSR count). The Hall–Kier alpha value is -2.21. The molecule has 6 nitrogen and oxygen atoms in total. The number of hydrogen-bond donors (Lipinski definition) is 1. The zero-order valence-electron chi connectivity index (χ0n) is 17.0. The molecule has 1 aliphatic heterocycles. The van der Waals surface area contributed by atoms with Gasteiger partial charge in [-0.3, -0.25) is 19.3 Å². The highest BCUT2D eigenvalue weighted by atomic mass is 16.2. The Kier molecular flexibility index (Phi) is 6.76. The molecule has 2 amide bonds. The van der Waals surface area contributed by atoms with Gasteiger partial charge in [0.2, 0.25) is 11.7 Å². The highest BCUT2D eigenvalue weighted by molar-refractivity contribution is 6.42. The summed E-state index contributed by atoms with van der Waals surface area (Å²) in [5.41, 5.74) is 1.55. The minimum atomic E-state index is -0.471. The molecule has 0 atom stereocenters. The standard InChI is InChI=1S/C21H31N3O3/c1-15(2)22-18(25)14-23-10-12-24(13-11-23)20(27)19(26)16-6-8-17(9-7-16)21(3,4)5/h6-9,15H,10-14H2,1-5H3,(H,22,25). The van der Waals surface area contributed by atoms with Gasteiger partial charge in [0.05, 0.1) is 6.54 Å². The van der Waals surface area contributed by atoms with E-state index >= 15 is 0 Å². The number of rotatable bonds is 5. The van der Waals surface area contributed by atoms with E-state index in [4.69, 9.17) is 0 Å². The van der Waals surface area contributed by atoms with Gasteiger partial charge in [0.15, 0.2) is 0 Å². The van der Waals surface area contributed by atoms with Crippen molar-refractivity contribution < 1.29 is 14.4 Å². The predicted molar refractivity (Wildman–Crippen MR) is 106 cm³/mol. The third kappa shape index (κ3) is 5.89. The number of carbonyl (C=O) groups excluding carboxylic acids is 3. The van der Waals surface area contributed by atoms with E-state index in [0.29, 0.717) is 38.3 Å². The summed E-state index contributed by atoms with van der Waals surface area (Å²) in [7, 11) is 0. The van der Waals surface area contributed by atoms with Crippen molar-refractivity contribution in [1.82, 2.24) is 15.1 Å². The molecule has 1 aromatic rings. The average molecular weight is 373 g/mol. The molecule has 1 aliphatic rings. The molecule has 0 spiro atoms. The lowest BCUT2D eigenvalue weighted by atomic mass is 9.86. The highest BCUT2D eigenvalue weighted by Gasteiger charge is 2.27. The third-order valence-corrected chi connectivity index (χ3v) is 4.68. The topological polar surface area (TPSA) is 69.7 Å². The summed E-state index contributed by atoms with van der Waals surface area (Å²) >= 11 is 0. The maximum atomic E-state index is 12.5. The van der Waals surface area contributed by atoms with E-state index in [9.17, 15) is 14.4 Å². The van der Waals surface area contributed by atoms with Gasteiger partial charge >= 0.3 is 0 Å². The lowest BCUT2D eigenvalue weighted by Gasteiger charge is -2.34. The molecule has 6 heteroatoms. The van der Waals surface area contributed by atoms with Crippen molar-refractivity contribution in [2.45, 2.75) is 46.1 Å². The predicted octanol–water partition coefficient (Wildman–Crippen LogP) is 1.84. The number of Topliss-reactive ketones (excluding diaryl/α,β-unsaturated/α-hetero) is 1. The molecule has 0 saturated carbocycles. The van der Waals surface area contributed by atoms with E-state index in [1.165, 1.54) is 0 Å². The Morgan fingerprint density at radius 2 is 1.56 bits per heavy atom. The largest absolute Gasteiger partial charge is 0.353 e. The smallest absolute Gasteiger partial charge is 0.295 e. The summed E-state index contributed by atoms with van der Waals surface area (Å²) in [5.74, 6) is -0.953. The van der Waals surface area contributed by atoms with Crippen molar-refractivity contribution in [3.63, 3.8) is 0 Å². The lowest BCUT2D eigenvalue weighted by Crippen LogP contribution is -2.52. The molecule has 0 aliphatic carbocycles. The fourth-order valence-corrected chi connectivity index (χ4v) is 3.07. The van der Waals surface area contributed by atoms with Crippen LogP contribution in [0.5, 0.6) is 0 Å². The average Bonchev–Trinajstić information content (AvgIpc) is 2.60. The normalized spacial score (nSPS) is 15.7. The van der Waals surface area contributed by atoms with Crippen molar-refractivity contribution in [3.05, 3.63) is 35.4 Å². The zero-order chi connectivity index (χ0) is 20.2. The molecule has 1 N–H and O–H groups in total. The van der Waals surface area contributed by atoms with Gasteiger partial charge in [-0.2, -0.15) is 0 Å². The minimum absolute atomic E-state index is 0.00375. The van der Waals surface area contributed by atoms with Crippen LogP contribution in [-0.4, -0.2) is 66.2 Å². The highest BCUT2D eigenvalue weighted by Crippen LogP contribution is 2.22. The molecule has 1 fully saturated rings. The number of hydrogen-bond acceptors (Lipinski definition) is 4. The monoisotopic (exact) mass is 373 g/mol. The number of piperazine rings is 1. The number of ketones is 1. The van der Waals surface area contributed by atoms with Gasteiger partial charge in [-0.15, -0.1) is 0 Å². The zero-order valence-corrected chi connectivity index (χ0v) is 17.0. The van der Waals surface area contributed by atoms with Crippen LogP contribution in [0, 0.1) is 0 Å². The number of nitrogens with one attached hydrogen (secondary N) is 1. The maximum absolute atomic E-state index is 12.5. The van der Waals surface area contributed by atoms with Crippen molar-refractivity contribution in [1.29, 1.82) is 0 Å². The minimum Gasteiger partial charge on any atom is -0.353 e. The van der Waals surface area contributed by atoms with Crippen molar-refractivity contribution >= 4 is 17.6 Å². The Bertz CT molecular complexity index is 682. The summed E-state index contributed by atoms with van der Waals surface area (Å²) in [6, 6.07) is 7.39.